The number of nitrogens with two attached hydrogens (primary N) is 1. The Balaban J connectivity index is 2.17. The maximum atomic E-state index is 13.0. The summed E-state index contributed by atoms with van der Waals surface area (Å²) >= 11 is 0. The number of carbonyl (C=O) groups excluding carboxylic acids is 2. The first kappa shape index (κ1) is 20.7. The van der Waals surface area contributed by atoms with Crippen molar-refractivity contribution >= 4 is 11.8 Å². The monoisotopic (exact) mass is 370 g/mol. The Bertz CT molecular complexity index is 781. The SMILES string of the molecule is Cc1nn(CC(C)C)c(C)c1CC(=O)N(CCC(N)=O)Cc1ccccc1. The summed E-state index contributed by atoms with van der Waals surface area (Å²) < 4.78 is 1.98. The van der Waals surface area contributed by atoms with Crippen molar-refractivity contribution in [2.75, 3.05) is 6.54 Å². The second-order valence-electron chi connectivity index (χ2n) is 7.42. The average molecular weight is 370 g/mol. The molecule has 6 heteroatoms. The van der Waals surface area contributed by atoms with Gasteiger partial charge in [0, 0.05) is 37.3 Å². The summed E-state index contributed by atoms with van der Waals surface area (Å²) in [5, 5.41) is 4.59. The number of rotatable bonds is 9. The minimum absolute atomic E-state index is 0.0181. The summed E-state index contributed by atoms with van der Waals surface area (Å²) in [6.45, 7) is 9.86. The third-order valence-electron chi connectivity index (χ3n) is 4.59. The van der Waals surface area contributed by atoms with Crippen LogP contribution in [-0.4, -0.2) is 33.0 Å². The van der Waals surface area contributed by atoms with E-state index >= 15 is 0 Å². The molecule has 2 amide bonds. The van der Waals surface area contributed by atoms with E-state index in [1.165, 1.54) is 0 Å². The van der Waals surface area contributed by atoms with E-state index in [9.17, 15) is 9.59 Å². The van der Waals surface area contributed by atoms with Crippen molar-refractivity contribution in [2.45, 2.75) is 53.6 Å². The molecule has 1 aromatic carbocycles. The van der Waals surface area contributed by atoms with Gasteiger partial charge in [0.05, 0.1) is 12.1 Å². The molecule has 0 atom stereocenters. The van der Waals surface area contributed by atoms with Gasteiger partial charge >= 0.3 is 0 Å². The molecule has 0 spiro atoms. The maximum absolute atomic E-state index is 13.0. The normalized spacial score (nSPS) is 11.0. The number of aryl methyl sites for hydroxylation is 1. The summed E-state index contributed by atoms with van der Waals surface area (Å²) in [5.74, 6) is 0.0603. The molecule has 1 heterocycles. The highest BCUT2D eigenvalue weighted by atomic mass is 16.2. The van der Waals surface area contributed by atoms with Crippen LogP contribution in [0.25, 0.3) is 0 Å². The lowest BCUT2D eigenvalue weighted by Gasteiger charge is -2.22. The molecule has 146 valence electrons. The lowest BCUT2D eigenvalue weighted by molar-refractivity contribution is -0.131. The van der Waals surface area contributed by atoms with Crippen LogP contribution in [-0.2, 0) is 29.1 Å². The van der Waals surface area contributed by atoms with Crippen LogP contribution in [0.3, 0.4) is 0 Å². The van der Waals surface area contributed by atoms with Gasteiger partial charge in [-0.25, -0.2) is 0 Å². The van der Waals surface area contributed by atoms with Gasteiger partial charge in [-0.1, -0.05) is 44.2 Å². The van der Waals surface area contributed by atoms with Gasteiger partial charge in [0.25, 0.3) is 0 Å². The van der Waals surface area contributed by atoms with Crippen molar-refractivity contribution in [1.82, 2.24) is 14.7 Å². The molecule has 0 fully saturated rings. The number of hydrogen-bond donors (Lipinski definition) is 1. The lowest BCUT2D eigenvalue weighted by Crippen LogP contribution is -2.34. The summed E-state index contributed by atoms with van der Waals surface area (Å²) in [7, 11) is 0. The summed E-state index contributed by atoms with van der Waals surface area (Å²) in [4.78, 5) is 25.9. The number of hydrogen-bond acceptors (Lipinski definition) is 3. The van der Waals surface area contributed by atoms with Crippen LogP contribution in [0, 0.1) is 19.8 Å². The smallest absolute Gasteiger partial charge is 0.227 e. The van der Waals surface area contributed by atoms with Gasteiger partial charge < -0.3 is 10.6 Å². The summed E-state index contributed by atoms with van der Waals surface area (Å²) in [5.41, 5.74) is 9.21. The molecule has 0 radical (unpaired) electrons. The molecular weight excluding hydrogens is 340 g/mol. The van der Waals surface area contributed by atoms with Gasteiger partial charge in [-0.2, -0.15) is 5.10 Å². The largest absolute Gasteiger partial charge is 0.370 e. The predicted molar refractivity (Wildman–Crippen MR) is 106 cm³/mol. The molecular formula is C21H30N4O2. The average Bonchev–Trinajstić information content (AvgIpc) is 2.86. The third kappa shape index (κ3) is 5.94. The first-order valence-corrected chi connectivity index (χ1v) is 9.40. The molecule has 0 saturated carbocycles. The van der Waals surface area contributed by atoms with Gasteiger partial charge in [-0.15, -0.1) is 0 Å². The van der Waals surface area contributed by atoms with Crippen LogP contribution in [0.5, 0.6) is 0 Å². The molecule has 2 aromatic rings. The second kappa shape index (κ2) is 9.35. The molecule has 1 aromatic heterocycles. The molecule has 0 unspecified atom stereocenters. The Kier molecular flexibility index (Phi) is 7.16. The van der Waals surface area contributed by atoms with Gasteiger partial charge in [0.1, 0.15) is 0 Å². The molecule has 27 heavy (non-hydrogen) atoms. The fourth-order valence-corrected chi connectivity index (χ4v) is 3.12. The molecule has 0 bridgehead atoms. The van der Waals surface area contributed by atoms with E-state index in [1.54, 1.807) is 4.90 Å². The van der Waals surface area contributed by atoms with E-state index in [2.05, 4.69) is 18.9 Å². The van der Waals surface area contributed by atoms with Crippen LogP contribution < -0.4 is 5.73 Å². The van der Waals surface area contributed by atoms with Crippen LogP contribution >= 0.6 is 0 Å². The minimum atomic E-state index is -0.405. The van der Waals surface area contributed by atoms with Gasteiger partial charge in [0.15, 0.2) is 0 Å². The van der Waals surface area contributed by atoms with Crippen molar-refractivity contribution in [1.29, 1.82) is 0 Å². The first-order valence-electron chi connectivity index (χ1n) is 9.40. The van der Waals surface area contributed by atoms with E-state index in [0.717, 1.165) is 29.1 Å². The lowest BCUT2D eigenvalue weighted by atomic mass is 10.1. The van der Waals surface area contributed by atoms with E-state index < -0.39 is 5.91 Å². The second-order valence-corrected chi connectivity index (χ2v) is 7.42. The van der Waals surface area contributed by atoms with Crippen molar-refractivity contribution in [2.24, 2.45) is 11.7 Å². The predicted octanol–water partition coefficient (Wildman–Crippen LogP) is 2.60. The number of benzene rings is 1. The highest BCUT2D eigenvalue weighted by Crippen LogP contribution is 2.17. The quantitative estimate of drug-likeness (QED) is 0.737. The van der Waals surface area contributed by atoms with E-state index in [-0.39, 0.29) is 18.7 Å². The highest BCUT2D eigenvalue weighted by Gasteiger charge is 2.20. The molecule has 2 rings (SSSR count). The minimum Gasteiger partial charge on any atom is -0.370 e. The van der Waals surface area contributed by atoms with Crippen molar-refractivity contribution < 1.29 is 9.59 Å². The fraction of sp³-hybridized carbons (Fsp3) is 0.476. The highest BCUT2D eigenvalue weighted by molar-refractivity contribution is 5.80. The Labute approximate surface area is 161 Å². The Morgan fingerprint density at radius 1 is 1.19 bits per heavy atom. The van der Waals surface area contributed by atoms with Gasteiger partial charge in [0.2, 0.25) is 11.8 Å². The molecule has 0 aliphatic carbocycles. The molecule has 0 aliphatic heterocycles. The number of primary amides is 1. The van der Waals surface area contributed by atoms with Crippen molar-refractivity contribution in [3.63, 3.8) is 0 Å². The molecule has 0 aliphatic rings. The Morgan fingerprint density at radius 3 is 2.44 bits per heavy atom. The van der Waals surface area contributed by atoms with Gasteiger partial charge in [-0.3, -0.25) is 14.3 Å². The Morgan fingerprint density at radius 2 is 1.85 bits per heavy atom. The van der Waals surface area contributed by atoms with E-state index in [0.29, 0.717) is 19.0 Å². The molecule has 2 N–H and O–H groups in total. The fourth-order valence-electron chi connectivity index (χ4n) is 3.12. The van der Waals surface area contributed by atoms with Gasteiger partial charge in [-0.05, 0) is 25.3 Å². The summed E-state index contributed by atoms with van der Waals surface area (Å²) in [6, 6.07) is 9.77. The first-order chi connectivity index (χ1) is 12.8. The van der Waals surface area contributed by atoms with Crippen LogP contribution in [0.2, 0.25) is 0 Å². The zero-order valence-corrected chi connectivity index (χ0v) is 16.7. The van der Waals surface area contributed by atoms with Crippen LogP contribution in [0.1, 0.15) is 42.8 Å². The number of nitrogens with zero attached hydrogens (tertiary/aromatic N) is 3. The number of carbonyl (C=O) groups is 2. The number of amides is 2. The summed E-state index contributed by atoms with van der Waals surface area (Å²) in [6.07, 6.45) is 0.435. The molecule has 6 nitrogen and oxygen atoms in total. The van der Waals surface area contributed by atoms with E-state index in [4.69, 9.17) is 5.73 Å². The Hall–Kier alpha value is -2.63. The third-order valence-corrected chi connectivity index (χ3v) is 4.59. The maximum Gasteiger partial charge on any atom is 0.227 e. The molecule has 0 saturated heterocycles. The standard InChI is InChI=1S/C21H30N4O2/c1-15(2)13-25-17(4)19(16(3)23-25)12-21(27)24(11-10-20(22)26)14-18-8-6-5-7-9-18/h5-9,15H,10-14H2,1-4H3,(H2,22,26). The van der Waals surface area contributed by atoms with E-state index in [1.807, 2.05) is 48.9 Å². The number of aromatic nitrogens is 2. The van der Waals surface area contributed by atoms with Crippen LogP contribution in [0.15, 0.2) is 30.3 Å². The zero-order valence-electron chi connectivity index (χ0n) is 16.7. The van der Waals surface area contributed by atoms with Crippen molar-refractivity contribution in [3.8, 4) is 0 Å². The van der Waals surface area contributed by atoms with Crippen LogP contribution in [0.4, 0.5) is 0 Å². The topological polar surface area (TPSA) is 81.2 Å². The van der Waals surface area contributed by atoms with Crippen molar-refractivity contribution in [3.05, 3.63) is 52.8 Å². The zero-order chi connectivity index (χ0) is 20.0.